The number of hydrogen-bond acceptors (Lipinski definition) is 4. The van der Waals surface area contributed by atoms with Gasteiger partial charge in [-0.2, -0.15) is 5.26 Å². The molecule has 0 aliphatic rings. The second-order valence-electron chi connectivity index (χ2n) is 3.87. The number of aromatic amines is 1. The van der Waals surface area contributed by atoms with Crippen LogP contribution in [0.4, 0.5) is 0 Å². The molecule has 1 N–H and O–H groups in total. The highest BCUT2D eigenvalue weighted by Gasteiger charge is 2.11. The Kier molecular flexibility index (Phi) is 3.30. The molecule has 3 aromatic rings. The summed E-state index contributed by atoms with van der Waals surface area (Å²) in [5, 5.41) is 13.3. The fraction of sp³-hybridized carbons (Fsp3) is 0. The molecule has 0 aliphatic carbocycles. The van der Waals surface area contributed by atoms with Crippen molar-refractivity contribution in [1.82, 2.24) is 4.98 Å². The Morgan fingerprint density at radius 2 is 1.79 bits per heavy atom. The molecule has 92 valence electrons. The van der Waals surface area contributed by atoms with E-state index in [-0.39, 0.29) is 0 Å². The van der Waals surface area contributed by atoms with Gasteiger partial charge in [0.15, 0.2) is 0 Å². The van der Waals surface area contributed by atoms with Gasteiger partial charge in [0.05, 0.1) is 16.1 Å². The molecule has 3 aromatic heterocycles. The Labute approximate surface area is 123 Å². The minimum absolute atomic E-state index is 0.497. The predicted molar refractivity (Wildman–Crippen MR) is 83.0 cm³/mol. The number of aromatic nitrogens is 1. The quantitative estimate of drug-likeness (QED) is 0.671. The first kappa shape index (κ1) is 12.3. The number of pyridine rings is 1. The summed E-state index contributed by atoms with van der Waals surface area (Å²) in [5.41, 5.74) is 2.41. The van der Waals surface area contributed by atoms with Crippen LogP contribution in [-0.4, -0.2) is 4.98 Å². The zero-order valence-corrected chi connectivity index (χ0v) is 12.2. The van der Waals surface area contributed by atoms with Crippen LogP contribution in [0.2, 0.25) is 0 Å². The number of thiophene rings is 2. The average molecular weight is 300 g/mol. The fourth-order valence-corrected chi connectivity index (χ4v) is 3.57. The lowest BCUT2D eigenvalue weighted by molar-refractivity contribution is 1.28. The highest BCUT2D eigenvalue weighted by Crippen LogP contribution is 2.32. The summed E-state index contributed by atoms with van der Waals surface area (Å²) in [6.45, 7) is 0. The van der Waals surface area contributed by atoms with Crippen LogP contribution in [-0.2, 0) is 0 Å². The van der Waals surface area contributed by atoms with E-state index in [1.165, 1.54) is 0 Å². The molecule has 5 heteroatoms. The molecule has 3 heterocycles. The van der Waals surface area contributed by atoms with Crippen LogP contribution >= 0.6 is 34.9 Å². The van der Waals surface area contributed by atoms with Gasteiger partial charge in [0.25, 0.3) is 0 Å². The van der Waals surface area contributed by atoms with E-state index in [9.17, 15) is 5.26 Å². The summed E-state index contributed by atoms with van der Waals surface area (Å²) < 4.78 is 0.497. The number of nitrogens with one attached hydrogen (secondary N) is 1. The van der Waals surface area contributed by atoms with E-state index in [0.29, 0.717) is 10.2 Å². The normalized spacial score (nSPS) is 10.3. The van der Waals surface area contributed by atoms with E-state index in [1.807, 2.05) is 41.1 Å². The fourth-order valence-electron chi connectivity index (χ4n) is 1.86. The minimum atomic E-state index is 0.497. The maximum absolute atomic E-state index is 9.29. The first-order valence-corrected chi connectivity index (χ1v) is 7.71. The summed E-state index contributed by atoms with van der Waals surface area (Å²) in [6.07, 6.45) is 0. The molecule has 0 saturated carbocycles. The van der Waals surface area contributed by atoms with Crippen LogP contribution in [0, 0.1) is 16.0 Å². The number of rotatable bonds is 2. The van der Waals surface area contributed by atoms with Gasteiger partial charge in [0, 0.05) is 10.4 Å². The van der Waals surface area contributed by atoms with E-state index in [0.717, 1.165) is 21.0 Å². The lowest BCUT2D eigenvalue weighted by atomic mass is 10.1. The summed E-state index contributed by atoms with van der Waals surface area (Å²) in [5.74, 6) is 0. The predicted octanol–water partition coefficient (Wildman–Crippen LogP) is 5.07. The van der Waals surface area contributed by atoms with Crippen LogP contribution in [0.3, 0.4) is 0 Å². The number of nitriles is 1. The maximum Gasteiger partial charge on any atom is 0.122 e. The highest BCUT2D eigenvalue weighted by atomic mass is 32.1. The van der Waals surface area contributed by atoms with Crippen LogP contribution < -0.4 is 0 Å². The molecule has 19 heavy (non-hydrogen) atoms. The molecular weight excluding hydrogens is 292 g/mol. The SMILES string of the molecule is N#Cc1c(-c2cccs2)cc(-c2cccs2)[nH]c1=S. The second-order valence-corrected chi connectivity index (χ2v) is 6.17. The summed E-state index contributed by atoms with van der Waals surface area (Å²) >= 11 is 8.56. The number of H-pyrrole nitrogens is 1. The Morgan fingerprint density at radius 3 is 2.37 bits per heavy atom. The van der Waals surface area contributed by atoms with Crippen LogP contribution in [0.25, 0.3) is 21.0 Å². The number of nitrogens with zero attached hydrogens (tertiary/aromatic N) is 1. The molecule has 0 amide bonds. The van der Waals surface area contributed by atoms with E-state index < -0.39 is 0 Å². The molecule has 0 unspecified atom stereocenters. The van der Waals surface area contributed by atoms with Crippen molar-refractivity contribution in [2.24, 2.45) is 0 Å². The third-order valence-electron chi connectivity index (χ3n) is 2.72. The van der Waals surface area contributed by atoms with Crippen LogP contribution in [0.1, 0.15) is 5.56 Å². The summed E-state index contributed by atoms with van der Waals surface area (Å²) in [7, 11) is 0. The zero-order chi connectivity index (χ0) is 13.2. The van der Waals surface area contributed by atoms with E-state index in [4.69, 9.17) is 12.2 Å². The number of hydrogen-bond donors (Lipinski definition) is 1. The average Bonchev–Trinajstić information content (AvgIpc) is 3.11. The summed E-state index contributed by atoms with van der Waals surface area (Å²) in [4.78, 5) is 5.32. The smallest absolute Gasteiger partial charge is 0.122 e. The zero-order valence-electron chi connectivity index (χ0n) is 9.71. The third kappa shape index (κ3) is 2.26. The molecular formula is C14H8N2S3. The molecule has 0 saturated heterocycles. The van der Waals surface area contributed by atoms with Gasteiger partial charge in [0.2, 0.25) is 0 Å². The van der Waals surface area contributed by atoms with Gasteiger partial charge >= 0.3 is 0 Å². The van der Waals surface area contributed by atoms with E-state index >= 15 is 0 Å². The van der Waals surface area contributed by atoms with Crippen LogP contribution in [0.15, 0.2) is 41.1 Å². The molecule has 0 radical (unpaired) electrons. The van der Waals surface area contributed by atoms with Crippen molar-refractivity contribution >= 4 is 34.9 Å². The highest BCUT2D eigenvalue weighted by molar-refractivity contribution is 7.71. The standard InChI is InChI=1S/C14H8N2S3/c15-8-10-9(12-3-1-5-18-12)7-11(16-14(10)17)13-4-2-6-19-13/h1-7H,(H,16,17). The first-order chi connectivity index (χ1) is 9.29. The molecule has 0 aliphatic heterocycles. The minimum Gasteiger partial charge on any atom is -0.344 e. The van der Waals surface area contributed by atoms with Gasteiger partial charge in [-0.25, -0.2) is 0 Å². The molecule has 0 fully saturated rings. The van der Waals surface area contributed by atoms with Crippen molar-refractivity contribution in [3.63, 3.8) is 0 Å². The monoisotopic (exact) mass is 300 g/mol. The van der Waals surface area contributed by atoms with Gasteiger partial charge in [0.1, 0.15) is 10.7 Å². The van der Waals surface area contributed by atoms with Gasteiger partial charge < -0.3 is 4.98 Å². The molecule has 0 aromatic carbocycles. The molecule has 0 spiro atoms. The van der Waals surface area contributed by atoms with Crippen molar-refractivity contribution in [1.29, 1.82) is 5.26 Å². The van der Waals surface area contributed by atoms with Crippen LogP contribution in [0.5, 0.6) is 0 Å². The molecule has 0 bridgehead atoms. The van der Waals surface area contributed by atoms with Crippen molar-refractivity contribution in [2.75, 3.05) is 0 Å². The van der Waals surface area contributed by atoms with E-state index in [1.54, 1.807) is 22.7 Å². The Morgan fingerprint density at radius 1 is 1.11 bits per heavy atom. The summed E-state index contributed by atoms with van der Waals surface area (Å²) in [6, 6.07) is 12.2. The van der Waals surface area contributed by atoms with Crippen molar-refractivity contribution < 1.29 is 0 Å². The third-order valence-corrected chi connectivity index (χ3v) is 4.83. The first-order valence-electron chi connectivity index (χ1n) is 5.55. The Balaban J connectivity index is 2.28. The van der Waals surface area contributed by atoms with Gasteiger partial charge in [-0.1, -0.05) is 24.4 Å². The lowest BCUT2D eigenvalue weighted by Crippen LogP contribution is -1.90. The van der Waals surface area contributed by atoms with E-state index in [2.05, 4.69) is 11.1 Å². The Bertz CT molecular complexity index is 790. The van der Waals surface area contributed by atoms with Gasteiger partial charge in [-0.3, -0.25) is 0 Å². The second kappa shape index (κ2) is 5.10. The largest absolute Gasteiger partial charge is 0.344 e. The molecule has 2 nitrogen and oxygen atoms in total. The maximum atomic E-state index is 9.29. The van der Waals surface area contributed by atoms with Crippen molar-refractivity contribution in [3.8, 4) is 27.1 Å². The van der Waals surface area contributed by atoms with Gasteiger partial charge in [-0.05, 0) is 29.0 Å². The molecule has 0 atom stereocenters. The molecule has 3 rings (SSSR count). The van der Waals surface area contributed by atoms with Crippen molar-refractivity contribution in [2.45, 2.75) is 0 Å². The Hall–Kier alpha value is -1.74. The lowest BCUT2D eigenvalue weighted by Gasteiger charge is -2.05. The van der Waals surface area contributed by atoms with Crippen molar-refractivity contribution in [3.05, 3.63) is 51.3 Å². The topological polar surface area (TPSA) is 39.6 Å². The van der Waals surface area contributed by atoms with Gasteiger partial charge in [-0.15, -0.1) is 22.7 Å².